The van der Waals surface area contributed by atoms with Crippen molar-refractivity contribution in [3.8, 4) is 0 Å². The Morgan fingerprint density at radius 1 is 1.41 bits per heavy atom. The summed E-state index contributed by atoms with van der Waals surface area (Å²) in [5, 5.41) is 10.2. The summed E-state index contributed by atoms with van der Waals surface area (Å²) in [6, 6.07) is 6.15. The van der Waals surface area contributed by atoms with Gasteiger partial charge >= 0.3 is 0 Å². The van der Waals surface area contributed by atoms with E-state index in [-0.39, 0.29) is 6.61 Å². The summed E-state index contributed by atoms with van der Waals surface area (Å²) in [6.45, 7) is 5.44. The van der Waals surface area contributed by atoms with E-state index in [9.17, 15) is 5.11 Å². The largest absolute Gasteiger partial charge is 0.392 e. The Labute approximate surface area is 108 Å². The third-order valence-corrected chi connectivity index (χ3v) is 3.61. The molecule has 0 atom stereocenters. The van der Waals surface area contributed by atoms with E-state index < -0.39 is 0 Å². The highest BCUT2D eigenvalue weighted by Gasteiger charge is 2.27. The van der Waals surface area contributed by atoms with E-state index in [1.54, 1.807) is 0 Å². The molecule has 0 aliphatic heterocycles. The Morgan fingerprint density at radius 3 is 2.65 bits per heavy atom. The molecule has 0 spiro atoms. The molecule has 1 N–H and O–H groups in total. The molecule has 0 heterocycles. The van der Waals surface area contributed by atoms with Crippen molar-refractivity contribution in [2.24, 2.45) is 5.92 Å². The average Bonchev–Trinajstić information content (AvgIpc) is 3.09. The van der Waals surface area contributed by atoms with Crippen molar-refractivity contribution in [2.45, 2.75) is 39.3 Å². The van der Waals surface area contributed by atoms with Crippen molar-refractivity contribution in [1.82, 2.24) is 0 Å². The molecule has 1 saturated carbocycles. The second-order valence-corrected chi connectivity index (χ2v) is 5.50. The predicted octanol–water partition coefficient (Wildman–Crippen LogP) is 3.46. The van der Waals surface area contributed by atoms with Gasteiger partial charge in [-0.15, -0.1) is 0 Å². The van der Waals surface area contributed by atoms with E-state index in [1.165, 1.54) is 12.8 Å². The molecule has 2 rings (SSSR count). The van der Waals surface area contributed by atoms with Gasteiger partial charge in [0.05, 0.1) is 17.3 Å². The fraction of sp³-hybridized carbons (Fsp3) is 0.571. The average molecular weight is 254 g/mol. The van der Waals surface area contributed by atoms with Gasteiger partial charge < -0.3 is 10.0 Å². The number of aliphatic hydroxyl groups excluding tert-OH is 1. The fourth-order valence-electron chi connectivity index (χ4n) is 2.15. The minimum Gasteiger partial charge on any atom is -0.392 e. The highest BCUT2D eigenvalue weighted by molar-refractivity contribution is 6.33. The molecule has 1 fully saturated rings. The van der Waals surface area contributed by atoms with Gasteiger partial charge in [-0.3, -0.25) is 0 Å². The van der Waals surface area contributed by atoms with Crippen LogP contribution in [0.2, 0.25) is 5.02 Å². The standard InChI is InChI=1S/C14H20ClNO/c1-10(2)16(8-11-6-7-11)14-12(9-17)4-3-5-13(14)15/h3-5,10-11,17H,6-9H2,1-2H3. The summed E-state index contributed by atoms with van der Waals surface area (Å²) >= 11 is 6.30. The van der Waals surface area contributed by atoms with Crippen LogP contribution in [0.1, 0.15) is 32.3 Å². The molecule has 0 bridgehead atoms. The lowest BCUT2D eigenvalue weighted by atomic mass is 10.1. The van der Waals surface area contributed by atoms with Gasteiger partial charge in [-0.2, -0.15) is 0 Å². The van der Waals surface area contributed by atoms with Gasteiger partial charge in [-0.25, -0.2) is 0 Å². The van der Waals surface area contributed by atoms with Crippen LogP contribution in [0, 0.1) is 5.92 Å². The van der Waals surface area contributed by atoms with Gasteiger partial charge in [-0.05, 0) is 38.7 Å². The van der Waals surface area contributed by atoms with Crippen LogP contribution in [0.4, 0.5) is 5.69 Å². The van der Waals surface area contributed by atoms with E-state index in [0.29, 0.717) is 6.04 Å². The Kier molecular flexibility index (Phi) is 3.95. The van der Waals surface area contributed by atoms with Gasteiger partial charge in [0.15, 0.2) is 0 Å². The number of anilines is 1. The van der Waals surface area contributed by atoms with Gasteiger partial charge in [0, 0.05) is 18.2 Å². The Morgan fingerprint density at radius 2 is 2.12 bits per heavy atom. The summed E-state index contributed by atoms with van der Waals surface area (Å²) in [5.74, 6) is 0.806. The summed E-state index contributed by atoms with van der Waals surface area (Å²) in [6.07, 6.45) is 2.64. The number of nitrogens with zero attached hydrogens (tertiary/aromatic N) is 1. The molecule has 3 heteroatoms. The Hall–Kier alpha value is -0.730. The number of hydrogen-bond donors (Lipinski definition) is 1. The third kappa shape index (κ3) is 2.93. The Bertz CT molecular complexity index is 388. The number of aliphatic hydroxyl groups is 1. The molecule has 17 heavy (non-hydrogen) atoms. The molecular weight excluding hydrogens is 234 g/mol. The number of benzene rings is 1. The topological polar surface area (TPSA) is 23.5 Å². The molecule has 1 aromatic rings. The first kappa shape index (κ1) is 12.7. The van der Waals surface area contributed by atoms with Crippen molar-refractivity contribution in [2.75, 3.05) is 11.4 Å². The van der Waals surface area contributed by atoms with E-state index in [1.807, 2.05) is 18.2 Å². The van der Waals surface area contributed by atoms with Gasteiger partial charge in [-0.1, -0.05) is 23.7 Å². The molecule has 1 aromatic carbocycles. The zero-order chi connectivity index (χ0) is 12.4. The number of halogens is 1. The van der Waals surface area contributed by atoms with Crippen LogP contribution in [0.5, 0.6) is 0 Å². The predicted molar refractivity (Wildman–Crippen MR) is 72.6 cm³/mol. The molecule has 1 aliphatic carbocycles. The van der Waals surface area contributed by atoms with Crippen LogP contribution in [0.25, 0.3) is 0 Å². The highest BCUT2D eigenvalue weighted by Crippen LogP contribution is 2.36. The first-order valence-electron chi connectivity index (χ1n) is 6.28. The summed E-state index contributed by atoms with van der Waals surface area (Å²) in [7, 11) is 0. The van der Waals surface area contributed by atoms with Crippen molar-refractivity contribution in [3.63, 3.8) is 0 Å². The maximum absolute atomic E-state index is 9.44. The summed E-state index contributed by atoms with van der Waals surface area (Å²) in [4.78, 5) is 2.32. The highest BCUT2D eigenvalue weighted by atomic mass is 35.5. The number of hydrogen-bond acceptors (Lipinski definition) is 2. The first-order valence-corrected chi connectivity index (χ1v) is 6.66. The molecule has 0 unspecified atom stereocenters. The SMILES string of the molecule is CC(C)N(CC1CC1)c1c(Cl)cccc1CO. The fourth-order valence-corrected chi connectivity index (χ4v) is 2.45. The Balaban J connectivity index is 2.32. The van der Waals surface area contributed by atoms with Crippen molar-refractivity contribution >= 4 is 17.3 Å². The molecule has 0 radical (unpaired) electrons. The lowest BCUT2D eigenvalue weighted by Crippen LogP contribution is -2.33. The van der Waals surface area contributed by atoms with Crippen LogP contribution in [0.15, 0.2) is 18.2 Å². The second-order valence-electron chi connectivity index (χ2n) is 5.10. The van der Waals surface area contributed by atoms with Crippen molar-refractivity contribution in [3.05, 3.63) is 28.8 Å². The van der Waals surface area contributed by atoms with E-state index in [2.05, 4.69) is 18.7 Å². The number of para-hydroxylation sites is 1. The van der Waals surface area contributed by atoms with E-state index in [0.717, 1.165) is 28.7 Å². The molecule has 2 nitrogen and oxygen atoms in total. The zero-order valence-electron chi connectivity index (χ0n) is 10.5. The molecular formula is C14H20ClNO. The van der Waals surface area contributed by atoms with Crippen molar-refractivity contribution in [1.29, 1.82) is 0 Å². The molecule has 0 amide bonds. The number of rotatable bonds is 5. The van der Waals surface area contributed by atoms with Crippen molar-refractivity contribution < 1.29 is 5.11 Å². The summed E-state index contributed by atoms with van der Waals surface area (Å²) < 4.78 is 0. The maximum Gasteiger partial charge on any atom is 0.0702 e. The smallest absolute Gasteiger partial charge is 0.0702 e. The molecule has 0 saturated heterocycles. The van der Waals surface area contributed by atoms with Crippen LogP contribution < -0.4 is 4.90 Å². The van der Waals surface area contributed by atoms with Gasteiger partial charge in [0.2, 0.25) is 0 Å². The van der Waals surface area contributed by atoms with Gasteiger partial charge in [0.1, 0.15) is 0 Å². The van der Waals surface area contributed by atoms with Crippen LogP contribution in [-0.4, -0.2) is 17.7 Å². The molecule has 94 valence electrons. The quantitative estimate of drug-likeness (QED) is 0.869. The summed E-state index contributed by atoms with van der Waals surface area (Å²) in [5.41, 5.74) is 1.94. The lowest BCUT2D eigenvalue weighted by Gasteiger charge is -2.31. The maximum atomic E-state index is 9.44. The van der Waals surface area contributed by atoms with Crippen LogP contribution in [0.3, 0.4) is 0 Å². The van der Waals surface area contributed by atoms with Gasteiger partial charge in [0.25, 0.3) is 0 Å². The molecule has 1 aliphatic rings. The minimum absolute atomic E-state index is 0.0454. The minimum atomic E-state index is 0.0454. The second kappa shape index (κ2) is 5.28. The normalized spacial score (nSPS) is 15.4. The van der Waals surface area contributed by atoms with Crippen LogP contribution in [-0.2, 0) is 6.61 Å². The lowest BCUT2D eigenvalue weighted by molar-refractivity contribution is 0.282. The van der Waals surface area contributed by atoms with E-state index in [4.69, 9.17) is 11.6 Å². The van der Waals surface area contributed by atoms with Crippen LogP contribution >= 0.6 is 11.6 Å². The van der Waals surface area contributed by atoms with E-state index >= 15 is 0 Å². The third-order valence-electron chi connectivity index (χ3n) is 3.30. The first-order chi connectivity index (χ1) is 8.13. The monoisotopic (exact) mass is 253 g/mol. The zero-order valence-corrected chi connectivity index (χ0v) is 11.2. The molecule has 0 aromatic heterocycles.